The molecule has 1 aliphatic carbocycles. The average Bonchev–Trinajstić information content (AvgIpc) is 2.72. The molecule has 1 saturated carbocycles. The van der Waals surface area contributed by atoms with E-state index in [-0.39, 0.29) is 5.60 Å². The Labute approximate surface area is 124 Å². The molecule has 0 amide bonds. The first-order valence-electron chi connectivity index (χ1n) is 7.24. The van der Waals surface area contributed by atoms with Gasteiger partial charge in [-0.2, -0.15) is 0 Å². The maximum absolute atomic E-state index is 5.94. The van der Waals surface area contributed by atoms with Gasteiger partial charge in [-0.15, -0.1) is 11.6 Å². The summed E-state index contributed by atoms with van der Waals surface area (Å²) in [4.78, 5) is 4.74. The number of alkyl halides is 1. The highest BCUT2D eigenvalue weighted by molar-refractivity contribution is 6.17. The van der Waals surface area contributed by atoms with Crippen molar-refractivity contribution >= 4 is 22.6 Å². The van der Waals surface area contributed by atoms with Crippen molar-refractivity contribution < 1.29 is 4.74 Å². The van der Waals surface area contributed by atoms with E-state index >= 15 is 0 Å². The third-order valence-electron chi connectivity index (χ3n) is 4.44. The van der Waals surface area contributed by atoms with E-state index in [9.17, 15) is 0 Å². The van der Waals surface area contributed by atoms with Gasteiger partial charge in [0.25, 0.3) is 0 Å². The van der Waals surface area contributed by atoms with Gasteiger partial charge in [0, 0.05) is 19.4 Å². The number of aromatic nitrogens is 2. The molecule has 3 rings (SSSR count). The number of halogens is 1. The summed E-state index contributed by atoms with van der Waals surface area (Å²) in [6, 6.07) is 6.42. The van der Waals surface area contributed by atoms with Gasteiger partial charge in [0.1, 0.15) is 5.82 Å². The summed E-state index contributed by atoms with van der Waals surface area (Å²) >= 11 is 5.94. The smallest absolute Gasteiger partial charge is 0.111 e. The first kappa shape index (κ1) is 13.9. The lowest BCUT2D eigenvalue weighted by Crippen LogP contribution is -2.43. The second-order valence-electron chi connectivity index (χ2n) is 5.79. The van der Waals surface area contributed by atoms with Crippen LogP contribution in [0.1, 0.15) is 30.7 Å². The van der Waals surface area contributed by atoms with Gasteiger partial charge < -0.3 is 9.30 Å². The summed E-state index contributed by atoms with van der Waals surface area (Å²) in [6.45, 7) is 3.00. The van der Waals surface area contributed by atoms with E-state index in [1.807, 2.05) is 7.11 Å². The normalized spacial score (nSPS) is 17.4. The Morgan fingerprint density at radius 3 is 2.80 bits per heavy atom. The minimum absolute atomic E-state index is 0.00155. The predicted molar refractivity (Wildman–Crippen MR) is 82.5 cm³/mol. The van der Waals surface area contributed by atoms with E-state index in [2.05, 4.69) is 29.7 Å². The molecule has 0 spiro atoms. The number of aryl methyl sites for hydroxylation is 2. The predicted octanol–water partition coefficient (Wildman–Crippen LogP) is 3.70. The minimum atomic E-state index is -0.00155. The number of hydrogen-bond acceptors (Lipinski definition) is 2. The summed E-state index contributed by atoms with van der Waals surface area (Å²) in [7, 11) is 1.82. The van der Waals surface area contributed by atoms with Gasteiger partial charge in [-0.1, -0.05) is 6.07 Å². The summed E-state index contributed by atoms with van der Waals surface area (Å²) < 4.78 is 8.09. The van der Waals surface area contributed by atoms with Crippen LogP contribution in [0.2, 0.25) is 0 Å². The molecule has 1 aromatic heterocycles. The van der Waals surface area contributed by atoms with Gasteiger partial charge >= 0.3 is 0 Å². The second kappa shape index (κ2) is 5.38. The fourth-order valence-corrected chi connectivity index (χ4v) is 3.19. The summed E-state index contributed by atoms with van der Waals surface area (Å²) in [5.74, 6) is 1.67. The molecule has 20 heavy (non-hydrogen) atoms. The third-order valence-corrected chi connectivity index (χ3v) is 4.63. The van der Waals surface area contributed by atoms with Crippen molar-refractivity contribution in [1.82, 2.24) is 9.55 Å². The van der Waals surface area contributed by atoms with Gasteiger partial charge in [-0.05, 0) is 43.9 Å². The molecule has 1 heterocycles. The van der Waals surface area contributed by atoms with E-state index in [0.717, 1.165) is 37.1 Å². The number of fused-ring (bicyclic) bond motifs is 1. The second-order valence-corrected chi connectivity index (χ2v) is 6.16. The van der Waals surface area contributed by atoms with Crippen molar-refractivity contribution in [2.24, 2.45) is 0 Å². The molecule has 2 aromatic rings. The van der Waals surface area contributed by atoms with Crippen LogP contribution in [-0.2, 0) is 17.7 Å². The molecule has 0 bridgehead atoms. The van der Waals surface area contributed by atoms with Crippen LogP contribution in [0.5, 0.6) is 0 Å². The van der Waals surface area contributed by atoms with Crippen LogP contribution < -0.4 is 0 Å². The van der Waals surface area contributed by atoms with Crippen LogP contribution in [-0.4, -0.2) is 28.1 Å². The maximum Gasteiger partial charge on any atom is 0.111 e. The fraction of sp³-hybridized carbons (Fsp3) is 0.562. The standard InChI is InChI=1S/C16H21ClN2O/c1-12-4-5-13-14(10-12)19(15(18-13)6-9-17)11-16(20-2)7-3-8-16/h4-5,10H,3,6-9,11H2,1-2H3. The lowest BCUT2D eigenvalue weighted by molar-refractivity contribution is -0.0832. The highest BCUT2D eigenvalue weighted by atomic mass is 35.5. The average molecular weight is 293 g/mol. The fourth-order valence-electron chi connectivity index (χ4n) is 3.02. The lowest BCUT2D eigenvalue weighted by Gasteiger charge is -2.41. The number of hydrogen-bond donors (Lipinski definition) is 0. The number of imidazole rings is 1. The highest BCUT2D eigenvalue weighted by Crippen LogP contribution is 2.37. The van der Waals surface area contributed by atoms with Crippen molar-refractivity contribution in [2.75, 3.05) is 13.0 Å². The zero-order chi connectivity index (χ0) is 14.2. The zero-order valence-corrected chi connectivity index (χ0v) is 12.9. The quantitative estimate of drug-likeness (QED) is 0.786. The van der Waals surface area contributed by atoms with Crippen molar-refractivity contribution in [3.05, 3.63) is 29.6 Å². The molecular weight excluding hydrogens is 272 g/mol. The number of methoxy groups -OCH3 is 1. The summed E-state index contributed by atoms with van der Waals surface area (Å²) in [5, 5.41) is 0. The van der Waals surface area contributed by atoms with E-state index in [1.165, 1.54) is 17.5 Å². The third kappa shape index (κ3) is 2.33. The van der Waals surface area contributed by atoms with Crippen LogP contribution >= 0.6 is 11.6 Å². The largest absolute Gasteiger partial charge is 0.376 e. The molecule has 0 atom stereocenters. The molecule has 3 nitrogen and oxygen atoms in total. The maximum atomic E-state index is 5.94. The Kier molecular flexibility index (Phi) is 3.74. The van der Waals surface area contributed by atoms with E-state index in [4.69, 9.17) is 21.3 Å². The van der Waals surface area contributed by atoms with Gasteiger partial charge in [0.05, 0.1) is 23.2 Å². The van der Waals surface area contributed by atoms with Gasteiger partial charge in [-0.25, -0.2) is 4.98 Å². The zero-order valence-electron chi connectivity index (χ0n) is 12.2. The number of ether oxygens (including phenoxy) is 1. The molecule has 0 N–H and O–H groups in total. The Bertz CT molecular complexity index is 611. The molecule has 0 unspecified atom stereocenters. The highest BCUT2D eigenvalue weighted by Gasteiger charge is 2.38. The number of nitrogens with zero attached hydrogens (tertiary/aromatic N) is 2. The van der Waals surface area contributed by atoms with E-state index in [1.54, 1.807) is 0 Å². The first-order valence-corrected chi connectivity index (χ1v) is 7.78. The number of rotatable bonds is 5. The molecule has 0 radical (unpaired) electrons. The Morgan fingerprint density at radius 1 is 1.40 bits per heavy atom. The number of benzene rings is 1. The molecule has 4 heteroatoms. The van der Waals surface area contributed by atoms with Crippen LogP contribution in [0.4, 0.5) is 0 Å². The minimum Gasteiger partial charge on any atom is -0.376 e. The Balaban J connectivity index is 2.05. The molecule has 1 fully saturated rings. The van der Waals surface area contributed by atoms with Crippen molar-refractivity contribution in [3.63, 3.8) is 0 Å². The first-order chi connectivity index (χ1) is 9.67. The molecule has 0 aliphatic heterocycles. The molecule has 108 valence electrons. The van der Waals surface area contributed by atoms with Crippen LogP contribution in [0.3, 0.4) is 0 Å². The van der Waals surface area contributed by atoms with Gasteiger partial charge in [-0.3, -0.25) is 0 Å². The Hall–Kier alpha value is -1.06. The summed E-state index contributed by atoms with van der Waals surface area (Å²) in [5.41, 5.74) is 3.52. The Morgan fingerprint density at radius 2 is 2.20 bits per heavy atom. The molecule has 1 aliphatic rings. The van der Waals surface area contributed by atoms with Crippen molar-refractivity contribution in [3.8, 4) is 0 Å². The van der Waals surface area contributed by atoms with E-state index in [0.29, 0.717) is 5.88 Å². The monoisotopic (exact) mass is 292 g/mol. The van der Waals surface area contributed by atoms with E-state index < -0.39 is 0 Å². The van der Waals surface area contributed by atoms with Crippen LogP contribution in [0.15, 0.2) is 18.2 Å². The van der Waals surface area contributed by atoms with Crippen LogP contribution in [0, 0.1) is 6.92 Å². The van der Waals surface area contributed by atoms with Crippen molar-refractivity contribution in [1.29, 1.82) is 0 Å². The van der Waals surface area contributed by atoms with Crippen LogP contribution in [0.25, 0.3) is 11.0 Å². The topological polar surface area (TPSA) is 27.1 Å². The molecular formula is C16H21ClN2O. The van der Waals surface area contributed by atoms with Gasteiger partial charge in [0.2, 0.25) is 0 Å². The van der Waals surface area contributed by atoms with Gasteiger partial charge in [0.15, 0.2) is 0 Å². The molecule has 1 aromatic carbocycles. The van der Waals surface area contributed by atoms with Crippen molar-refractivity contribution in [2.45, 2.75) is 44.8 Å². The SMILES string of the molecule is COC1(Cn2c(CCCl)nc3ccc(C)cc32)CCC1. The summed E-state index contributed by atoms with van der Waals surface area (Å²) in [6.07, 6.45) is 4.32. The molecule has 0 saturated heterocycles. The lowest BCUT2D eigenvalue weighted by atomic mass is 9.80.